The molecule has 1 aromatic heterocycles. The van der Waals surface area contributed by atoms with Gasteiger partial charge in [0.2, 0.25) is 0 Å². The predicted molar refractivity (Wildman–Crippen MR) is 104 cm³/mol. The van der Waals surface area contributed by atoms with Crippen molar-refractivity contribution < 1.29 is 9.53 Å². The molecule has 1 amide bonds. The molecule has 0 spiro atoms. The number of likely N-dealkylation sites (tertiary alicyclic amines) is 1. The van der Waals surface area contributed by atoms with Crippen molar-refractivity contribution in [2.75, 3.05) is 19.7 Å². The Bertz CT molecular complexity index is 705. The highest BCUT2D eigenvalue weighted by atomic mass is 35.5. The molecule has 1 fully saturated rings. The molecule has 1 aromatic carbocycles. The molecule has 0 saturated carbocycles. The van der Waals surface area contributed by atoms with Crippen molar-refractivity contribution in [1.29, 1.82) is 0 Å². The normalized spacial score (nSPS) is 16.8. The Morgan fingerprint density at radius 2 is 2.08 bits per heavy atom. The van der Waals surface area contributed by atoms with Crippen LogP contribution in [0.5, 0.6) is 5.75 Å². The van der Waals surface area contributed by atoms with E-state index in [1.165, 1.54) is 0 Å². The van der Waals surface area contributed by atoms with E-state index >= 15 is 0 Å². The van der Waals surface area contributed by atoms with E-state index in [-0.39, 0.29) is 24.4 Å². The fraction of sp³-hybridized carbons (Fsp3) is 0.474. The van der Waals surface area contributed by atoms with Crippen LogP contribution in [-0.4, -0.2) is 46.3 Å². The molecule has 3 rings (SSSR count). The van der Waals surface area contributed by atoms with Gasteiger partial charge in [-0.2, -0.15) is 5.10 Å². The van der Waals surface area contributed by atoms with Gasteiger partial charge in [-0.25, -0.2) is 4.68 Å². The molecule has 2 aromatic rings. The average molecular weight is 379 g/mol. The number of piperidine rings is 1. The largest absolute Gasteiger partial charge is 0.489 e. The van der Waals surface area contributed by atoms with E-state index in [1.807, 2.05) is 42.2 Å². The minimum atomic E-state index is -0.0871. The minimum Gasteiger partial charge on any atom is -0.489 e. The van der Waals surface area contributed by atoms with Crippen molar-refractivity contribution in [3.05, 3.63) is 42.2 Å². The average Bonchev–Trinajstić information content (AvgIpc) is 3.10. The Balaban J connectivity index is 0.00000243. The van der Waals surface area contributed by atoms with Crippen LogP contribution >= 0.6 is 12.4 Å². The molecule has 6 nitrogen and oxygen atoms in total. The van der Waals surface area contributed by atoms with Gasteiger partial charge in [0.25, 0.3) is 5.91 Å². The van der Waals surface area contributed by atoms with Gasteiger partial charge < -0.3 is 15.4 Å². The zero-order valence-corrected chi connectivity index (χ0v) is 16.0. The number of halogens is 1. The second-order valence-electron chi connectivity index (χ2n) is 6.35. The van der Waals surface area contributed by atoms with E-state index in [0.29, 0.717) is 24.6 Å². The molecule has 7 heteroatoms. The summed E-state index contributed by atoms with van der Waals surface area (Å²) in [5.41, 5.74) is 7.15. The van der Waals surface area contributed by atoms with E-state index in [9.17, 15) is 4.79 Å². The molecule has 2 N–H and O–H groups in total. The first kappa shape index (κ1) is 20.3. The van der Waals surface area contributed by atoms with Gasteiger partial charge in [-0.05, 0) is 37.8 Å². The van der Waals surface area contributed by atoms with E-state index in [2.05, 4.69) is 5.10 Å². The third-order valence-corrected chi connectivity index (χ3v) is 4.53. The number of rotatable bonds is 6. The summed E-state index contributed by atoms with van der Waals surface area (Å²) in [5.74, 6) is 0.452. The van der Waals surface area contributed by atoms with Crippen LogP contribution < -0.4 is 10.5 Å². The number of para-hydroxylation sites is 1. The number of benzene rings is 1. The van der Waals surface area contributed by atoms with Crippen LogP contribution in [-0.2, 0) is 0 Å². The Morgan fingerprint density at radius 3 is 2.77 bits per heavy atom. The molecule has 1 unspecified atom stereocenters. The van der Waals surface area contributed by atoms with Crippen LogP contribution in [0.1, 0.15) is 43.1 Å². The number of nitrogens with two attached hydrogens (primary N) is 1. The quantitative estimate of drug-likeness (QED) is 0.838. The number of carbonyl (C=O) groups is 1. The molecule has 0 bridgehead atoms. The number of hydrogen-bond donors (Lipinski definition) is 1. The van der Waals surface area contributed by atoms with Gasteiger partial charge in [-0.3, -0.25) is 4.79 Å². The van der Waals surface area contributed by atoms with Crippen molar-refractivity contribution in [2.24, 2.45) is 5.73 Å². The molecule has 1 atom stereocenters. The Kier molecular flexibility index (Phi) is 7.48. The van der Waals surface area contributed by atoms with E-state index < -0.39 is 0 Å². The van der Waals surface area contributed by atoms with Crippen LogP contribution in [0.4, 0.5) is 0 Å². The van der Waals surface area contributed by atoms with Crippen LogP contribution in [0, 0.1) is 0 Å². The van der Waals surface area contributed by atoms with E-state index in [1.54, 1.807) is 10.9 Å². The third-order valence-electron chi connectivity index (χ3n) is 4.53. The fourth-order valence-electron chi connectivity index (χ4n) is 3.19. The minimum absolute atomic E-state index is 0. The standard InChI is InChI=1S/C19H26N4O2.ClH/c1-2-12-25-17-14-23(15-8-4-3-5-9-15)21-18(17)19(24)22-11-7-6-10-16(22)13-20;/h3-5,8-9,14,16H,2,6-7,10-13,20H2,1H3;1H. The van der Waals surface area contributed by atoms with Gasteiger partial charge in [0, 0.05) is 19.1 Å². The molecule has 2 heterocycles. The number of carbonyl (C=O) groups excluding carboxylic acids is 1. The molecule has 26 heavy (non-hydrogen) atoms. The van der Waals surface area contributed by atoms with Gasteiger partial charge in [-0.1, -0.05) is 25.1 Å². The van der Waals surface area contributed by atoms with Crippen molar-refractivity contribution in [1.82, 2.24) is 14.7 Å². The predicted octanol–water partition coefficient (Wildman–Crippen LogP) is 3.04. The van der Waals surface area contributed by atoms with Gasteiger partial charge in [-0.15, -0.1) is 12.4 Å². The van der Waals surface area contributed by atoms with Crippen molar-refractivity contribution in [2.45, 2.75) is 38.6 Å². The lowest BCUT2D eigenvalue weighted by molar-refractivity contribution is 0.0612. The summed E-state index contributed by atoms with van der Waals surface area (Å²) >= 11 is 0. The highest BCUT2D eigenvalue weighted by Gasteiger charge is 2.30. The summed E-state index contributed by atoms with van der Waals surface area (Å²) in [6.45, 7) is 3.81. The monoisotopic (exact) mass is 378 g/mol. The Labute approximate surface area is 160 Å². The molecule has 142 valence electrons. The van der Waals surface area contributed by atoms with Crippen molar-refractivity contribution in [3.8, 4) is 11.4 Å². The van der Waals surface area contributed by atoms with Crippen LogP contribution in [0.15, 0.2) is 36.5 Å². The molecule has 1 saturated heterocycles. The van der Waals surface area contributed by atoms with Crippen LogP contribution in [0.3, 0.4) is 0 Å². The third kappa shape index (κ3) is 4.37. The first-order valence-corrected chi connectivity index (χ1v) is 9.03. The number of nitrogens with zero attached hydrogens (tertiary/aromatic N) is 3. The molecular formula is C19H27ClN4O2. The second-order valence-corrected chi connectivity index (χ2v) is 6.35. The maximum atomic E-state index is 13.1. The smallest absolute Gasteiger partial charge is 0.278 e. The lowest BCUT2D eigenvalue weighted by Gasteiger charge is -2.34. The van der Waals surface area contributed by atoms with Crippen LogP contribution in [0.2, 0.25) is 0 Å². The van der Waals surface area contributed by atoms with E-state index in [4.69, 9.17) is 10.5 Å². The highest BCUT2D eigenvalue weighted by Crippen LogP contribution is 2.25. The number of amides is 1. The maximum absolute atomic E-state index is 13.1. The summed E-state index contributed by atoms with van der Waals surface area (Å²) in [6, 6.07) is 9.83. The highest BCUT2D eigenvalue weighted by molar-refractivity contribution is 5.95. The summed E-state index contributed by atoms with van der Waals surface area (Å²) in [7, 11) is 0. The molecule has 1 aliphatic rings. The van der Waals surface area contributed by atoms with Gasteiger partial charge >= 0.3 is 0 Å². The van der Waals surface area contributed by atoms with Crippen molar-refractivity contribution in [3.63, 3.8) is 0 Å². The van der Waals surface area contributed by atoms with Gasteiger partial charge in [0.15, 0.2) is 11.4 Å². The lowest BCUT2D eigenvalue weighted by Crippen LogP contribution is -2.47. The van der Waals surface area contributed by atoms with Crippen LogP contribution in [0.25, 0.3) is 5.69 Å². The zero-order valence-electron chi connectivity index (χ0n) is 15.1. The van der Waals surface area contributed by atoms with E-state index in [0.717, 1.165) is 37.9 Å². The number of ether oxygens (including phenoxy) is 1. The topological polar surface area (TPSA) is 73.4 Å². The molecule has 1 aliphatic heterocycles. The zero-order chi connectivity index (χ0) is 17.6. The molecule has 0 radical (unpaired) electrons. The van der Waals surface area contributed by atoms with Gasteiger partial charge in [0.1, 0.15) is 0 Å². The van der Waals surface area contributed by atoms with Gasteiger partial charge in [0.05, 0.1) is 18.5 Å². The summed E-state index contributed by atoms with van der Waals surface area (Å²) in [5, 5.41) is 4.54. The summed E-state index contributed by atoms with van der Waals surface area (Å²) < 4.78 is 7.52. The van der Waals surface area contributed by atoms with Crippen molar-refractivity contribution >= 4 is 18.3 Å². The Morgan fingerprint density at radius 1 is 1.31 bits per heavy atom. The molecule has 0 aliphatic carbocycles. The fourth-order valence-corrected chi connectivity index (χ4v) is 3.19. The summed E-state index contributed by atoms with van der Waals surface area (Å²) in [6.07, 6.45) is 5.74. The number of hydrogen-bond acceptors (Lipinski definition) is 4. The second kappa shape index (κ2) is 9.59. The first-order valence-electron chi connectivity index (χ1n) is 9.03. The SMILES string of the molecule is CCCOc1cn(-c2ccccc2)nc1C(=O)N1CCCCC1CN.Cl. The lowest BCUT2D eigenvalue weighted by atomic mass is 10.0. The first-order chi connectivity index (χ1) is 12.2. The summed E-state index contributed by atoms with van der Waals surface area (Å²) in [4.78, 5) is 15.0. The maximum Gasteiger partial charge on any atom is 0.278 e. The molecular weight excluding hydrogens is 352 g/mol. The Hall–Kier alpha value is -2.05. The number of aromatic nitrogens is 2.